The Hall–Kier alpha value is -1.70. The van der Waals surface area contributed by atoms with Gasteiger partial charge in [-0.3, -0.25) is 9.59 Å². The standard InChI is InChI=1S/C11H10F3NO3S/c12-11(13,14)19-7-9(16)15(6-10(17)18)8-4-2-1-3-5-8/h1-5H,6-7H2,(H,17,18). The van der Waals surface area contributed by atoms with E-state index in [1.807, 2.05) is 0 Å². The number of amides is 1. The summed E-state index contributed by atoms with van der Waals surface area (Å²) in [5, 5.41) is 8.70. The number of alkyl halides is 3. The van der Waals surface area contributed by atoms with Gasteiger partial charge in [-0.05, 0) is 23.9 Å². The van der Waals surface area contributed by atoms with Crippen molar-refractivity contribution in [3.8, 4) is 0 Å². The summed E-state index contributed by atoms with van der Waals surface area (Å²) in [6.45, 7) is -0.679. The molecular weight excluding hydrogens is 283 g/mol. The predicted octanol–water partition coefficient (Wildman–Crippen LogP) is 2.36. The zero-order valence-electron chi connectivity index (χ0n) is 9.55. The molecular formula is C11H10F3NO3S. The van der Waals surface area contributed by atoms with Gasteiger partial charge in [0.25, 0.3) is 0 Å². The number of nitrogens with zero attached hydrogens (tertiary/aromatic N) is 1. The first-order chi connectivity index (χ1) is 8.79. The van der Waals surface area contributed by atoms with Gasteiger partial charge in [-0.25, -0.2) is 0 Å². The number of para-hydroxylation sites is 1. The molecule has 0 fully saturated rings. The summed E-state index contributed by atoms with van der Waals surface area (Å²) in [7, 11) is 0. The third kappa shape index (κ3) is 5.64. The van der Waals surface area contributed by atoms with Gasteiger partial charge in [0.1, 0.15) is 6.54 Å². The number of carboxylic acids is 1. The Morgan fingerprint density at radius 2 is 1.79 bits per heavy atom. The highest BCUT2D eigenvalue weighted by Crippen LogP contribution is 2.30. The van der Waals surface area contributed by atoms with Crippen LogP contribution in [0.3, 0.4) is 0 Å². The van der Waals surface area contributed by atoms with Crippen molar-refractivity contribution >= 4 is 29.3 Å². The molecule has 0 saturated carbocycles. The fourth-order valence-corrected chi connectivity index (χ4v) is 1.73. The van der Waals surface area contributed by atoms with E-state index < -0.39 is 41.4 Å². The van der Waals surface area contributed by atoms with Crippen molar-refractivity contribution in [1.82, 2.24) is 0 Å². The highest BCUT2D eigenvalue weighted by atomic mass is 32.2. The molecule has 19 heavy (non-hydrogen) atoms. The van der Waals surface area contributed by atoms with Gasteiger partial charge in [0, 0.05) is 5.69 Å². The molecule has 1 amide bonds. The third-order valence-electron chi connectivity index (χ3n) is 2.02. The molecule has 1 rings (SSSR count). The van der Waals surface area contributed by atoms with Gasteiger partial charge >= 0.3 is 11.5 Å². The topological polar surface area (TPSA) is 57.6 Å². The van der Waals surface area contributed by atoms with Gasteiger partial charge in [-0.1, -0.05) is 18.2 Å². The van der Waals surface area contributed by atoms with Crippen LogP contribution in [0.1, 0.15) is 0 Å². The van der Waals surface area contributed by atoms with Gasteiger partial charge in [-0.15, -0.1) is 0 Å². The van der Waals surface area contributed by atoms with Gasteiger partial charge in [0.2, 0.25) is 5.91 Å². The third-order valence-corrected chi connectivity index (χ3v) is 2.74. The largest absolute Gasteiger partial charge is 0.480 e. The molecule has 104 valence electrons. The Balaban J connectivity index is 2.80. The number of benzene rings is 1. The average molecular weight is 293 g/mol. The first kappa shape index (κ1) is 15.4. The van der Waals surface area contributed by atoms with Crippen molar-refractivity contribution in [2.24, 2.45) is 0 Å². The Morgan fingerprint density at radius 1 is 1.21 bits per heavy atom. The van der Waals surface area contributed by atoms with E-state index in [4.69, 9.17) is 5.11 Å². The highest BCUT2D eigenvalue weighted by molar-refractivity contribution is 8.00. The van der Waals surface area contributed by atoms with Crippen LogP contribution in [-0.4, -0.2) is 34.8 Å². The molecule has 0 radical (unpaired) electrons. The maximum atomic E-state index is 12.0. The lowest BCUT2D eigenvalue weighted by Gasteiger charge is -2.20. The number of aliphatic carboxylic acids is 1. The van der Waals surface area contributed by atoms with E-state index in [1.165, 1.54) is 12.1 Å². The fraction of sp³-hybridized carbons (Fsp3) is 0.273. The second-order valence-corrected chi connectivity index (χ2v) is 4.48. The van der Waals surface area contributed by atoms with Crippen molar-refractivity contribution in [3.05, 3.63) is 30.3 Å². The maximum absolute atomic E-state index is 12.0. The zero-order chi connectivity index (χ0) is 14.5. The lowest BCUT2D eigenvalue weighted by Crippen LogP contribution is -2.37. The summed E-state index contributed by atoms with van der Waals surface area (Å²) < 4.78 is 36.1. The normalized spacial score (nSPS) is 11.1. The summed E-state index contributed by atoms with van der Waals surface area (Å²) in [6, 6.07) is 7.69. The number of anilines is 1. The number of hydrogen-bond donors (Lipinski definition) is 1. The molecule has 0 saturated heterocycles. The summed E-state index contributed by atoms with van der Waals surface area (Å²) in [5.74, 6) is -3.06. The van der Waals surface area contributed by atoms with E-state index >= 15 is 0 Å². The van der Waals surface area contributed by atoms with Crippen molar-refractivity contribution in [2.75, 3.05) is 17.2 Å². The molecule has 0 aliphatic rings. The summed E-state index contributed by atoms with van der Waals surface area (Å²) in [4.78, 5) is 23.1. The van der Waals surface area contributed by atoms with Crippen LogP contribution in [0.5, 0.6) is 0 Å². The van der Waals surface area contributed by atoms with Crippen molar-refractivity contribution in [3.63, 3.8) is 0 Å². The summed E-state index contributed by atoms with van der Waals surface area (Å²) in [5.41, 5.74) is -4.28. The van der Waals surface area contributed by atoms with Crippen LogP contribution in [0.15, 0.2) is 30.3 Å². The molecule has 1 aromatic rings. The minimum atomic E-state index is -4.53. The maximum Gasteiger partial charge on any atom is 0.442 e. The van der Waals surface area contributed by atoms with Crippen LogP contribution in [-0.2, 0) is 9.59 Å². The lowest BCUT2D eigenvalue weighted by atomic mass is 10.3. The molecule has 0 heterocycles. The van der Waals surface area contributed by atoms with E-state index in [2.05, 4.69) is 0 Å². The number of carboxylic acid groups (broad SMARTS) is 1. The molecule has 0 aromatic heterocycles. The van der Waals surface area contributed by atoms with E-state index in [1.54, 1.807) is 18.2 Å². The quantitative estimate of drug-likeness (QED) is 0.905. The Bertz CT molecular complexity index is 450. The lowest BCUT2D eigenvalue weighted by molar-refractivity contribution is -0.136. The number of thioether (sulfide) groups is 1. The molecule has 0 unspecified atom stereocenters. The number of carbonyl (C=O) groups is 2. The molecule has 0 aliphatic heterocycles. The second-order valence-electron chi connectivity index (χ2n) is 3.44. The minimum Gasteiger partial charge on any atom is -0.480 e. The summed E-state index contributed by atoms with van der Waals surface area (Å²) >= 11 is -0.492. The van der Waals surface area contributed by atoms with Crippen LogP contribution in [0, 0.1) is 0 Å². The van der Waals surface area contributed by atoms with Gasteiger partial charge < -0.3 is 10.0 Å². The highest BCUT2D eigenvalue weighted by Gasteiger charge is 2.31. The van der Waals surface area contributed by atoms with Crippen LogP contribution in [0.2, 0.25) is 0 Å². The van der Waals surface area contributed by atoms with Crippen LogP contribution in [0.4, 0.5) is 18.9 Å². The number of rotatable bonds is 5. The average Bonchev–Trinajstić information content (AvgIpc) is 2.33. The van der Waals surface area contributed by atoms with Gasteiger partial charge in [0.15, 0.2) is 0 Å². The van der Waals surface area contributed by atoms with E-state index in [-0.39, 0.29) is 5.69 Å². The van der Waals surface area contributed by atoms with Crippen molar-refractivity contribution < 1.29 is 27.9 Å². The van der Waals surface area contributed by atoms with Gasteiger partial charge in [-0.2, -0.15) is 13.2 Å². The van der Waals surface area contributed by atoms with Crippen LogP contribution < -0.4 is 4.90 Å². The smallest absolute Gasteiger partial charge is 0.442 e. The number of hydrogen-bond acceptors (Lipinski definition) is 3. The van der Waals surface area contributed by atoms with Crippen molar-refractivity contribution in [1.29, 1.82) is 0 Å². The molecule has 0 spiro atoms. The fourth-order valence-electron chi connectivity index (χ4n) is 1.29. The second kappa shape index (κ2) is 6.46. The number of halogens is 3. The first-order valence-electron chi connectivity index (χ1n) is 5.07. The summed E-state index contributed by atoms with van der Waals surface area (Å²) in [6.07, 6.45) is 0. The Labute approximate surface area is 111 Å². The molecule has 1 N–H and O–H groups in total. The number of carbonyl (C=O) groups excluding carboxylic acids is 1. The zero-order valence-corrected chi connectivity index (χ0v) is 10.4. The molecule has 0 bridgehead atoms. The van der Waals surface area contributed by atoms with Crippen molar-refractivity contribution in [2.45, 2.75) is 5.51 Å². The Morgan fingerprint density at radius 3 is 2.26 bits per heavy atom. The predicted molar refractivity (Wildman–Crippen MR) is 64.9 cm³/mol. The SMILES string of the molecule is O=C(O)CN(C(=O)CSC(F)(F)F)c1ccccc1. The van der Waals surface area contributed by atoms with Crippen LogP contribution in [0.25, 0.3) is 0 Å². The first-order valence-corrected chi connectivity index (χ1v) is 6.06. The van der Waals surface area contributed by atoms with E-state index in [0.717, 1.165) is 4.90 Å². The minimum absolute atomic E-state index is 0.248. The molecule has 4 nitrogen and oxygen atoms in total. The monoisotopic (exact) mass is 293 g/mol. The van der Waals surface area contributed by atoms with E-state index in [0.29, 0.717) is 0 Å². The van der Waals surface area contributed by atoms with E-state index in [9.17, 15) is 22.8 Å². The molecule has 8 heteroatoms. The Kier molecular flexibility index (Phi) is 5.22. The molecule has 0 aliphatic carbocycles. The molecule has 1 aromatic carbocycles. The van der Waals surface area contributed by atoms with Gasteiger partial charge in [0.05, 0.1) is 5.75 Å². The van der Waals surface area contributed by atoms with Crippen LogP contribution >= 0.6 is 11.8 Å². The molecule has 0 atom stereocenters.